The minimum Gasteiger partial charge on any atom is -0.491 e. The molecule has 0 atom stereocenters. The number of carbonyl (C=O) groups is 1. The molecule has 0 bridgehead atoms. The largest absolute Gasteiger partial charge is 0.491 e. The van der Waals surface area contributed by atoms with Crippen LogP contribution in [-0.2, 0) is 6.54 Å². The molecule has 2 aromatic rings. The molecule has 5 heteroatoms. The maximum absolute atomic E-state index is 11.5. The summed E-state index contributed by atoms with van der Waals surface area (Å²) in [6, 6.07) is 5.45. The first-order chi connectivity index (χ1) is 9.08. The van der Waals surface area contributed by atoms with Crippen LogP contribution < -0.4 is 4.74 Å². The van der Waals surface area contributed by atoms with Crippen molar-refractivity contribution in [2.24, 2.45) is 0 Å². The van der Waals surface area contributed by atoms with Crippen molar-refractivity contribution in [1.82, 2.24) is 9.55 Å². The summed E-state index contributed by atoms with van der Waals surface area (Å²) in [5.41, 5.74) is 0.594. The predicted octanol–water partition coefficient (Wildman–Crippen LogP) is 3.24. The van der Waals surface area contributed by atoms with Gasteiger partial charge in [-0.05, 0) is 32.0 Å². The van der Waals surface area contributed by atoms with E-state index in [4.69, 9.17) is 4.74 Å². The van der Waals surface area contributed by atoms with Crippen LogP contribution in [0.1, 0.15) is 23.1 Å². The van der Waals surface area contributed by atoms with Crippen LogP contribution in [0.4, 0.5) is 0 Å². The average Bonchev–Trinajstić information content (AvgIpc) is 2.77. The van der Waals surface area contributed by atoms with Crippen molar-refractivity contribution in [2.45, 2.75) is 20.4 Å². The second-order valence-electron chi connectivity index (χ2n) is 4.21. The number of hydrogen-bond donors (Lipinski definition) is 0. The Bertz CT molecular complexity index is 593. The van der Waals surface area contributed by atoms with Crippen LogP contribution in [0, 0.1) is 6.92 Å². The van der Waals surface area contributed by atoms with E-state index in [9.17, 15) is 4.79 Å². The van der Waals surface area contributed by atoms with Gasteiger partial charge < -0.3 is 9.30 Å². The Balaban J connectivity index is 2.03. The molecule has 4 nitrogen and oxygen atoms in total. The third-order valence-corrected chi connectivity index (χ3v) is 3.33. The van der Waals surface area contributed by atoms with Crippen molar-refractivity contribution in [1.29, 1.82) is 0 Å². The Morgan fingerprint density at radius 2 is 2.26 bits per heavy atom. The number of nitrogens with zero attached hydrogens (tertiary/aromatic N) is 2. The van der Waals surface area contributed by atoms with Gasteiger partial charge in [0, 0.05) is 16.9 Å². The molecule has 0 saturated heterocycles. The van der Waals surface area contributed by atoms with Crippen LogP contribution in [0.2, 0.25) is 0 Å². The monoisotopic (exact) mass is 322 g/mol. The van der Waals surface area contributed by atoms with Gasteiger partial charge in [0.2, 0.25) is 0 Å². The van der Waals surface area contributed by atoms with Crippen LogP contribution in [0.5, 0.6) is 5.75 Å². The van der Waals surface area contributed by atoms with E-state index in [1.54, 1.807) is 12.3 Å². The lowest BCUT2D eigenvalue weighted by Gasteiger charge is -2.11. The molecule has 0 saturated carbocycles. The van der Waals surface area contributed by atoms with Crippen LogP contribution in [0.3, 0.4) is 0 Å². The van der Waals surface area contributed by atoms with Crippen molar-refractivity contribution in [3.8, 4) is 5.75 Å². The third-order valence-electron chi connectivity index (χ3n) is 2.83. The summed E-state index contributed by atoms with van der Waals surface area (Å²) < 4.78 is 8.57. The summed E-state index contributed by atoms with van der Waals surface area (Å²) in [6.45, 7) is 4.69. The summed E-state index contributed by atoms with van der Waals surface area (Å²) in [4.78, 5) is 15.7. The van der Waals surface area contributed by atoms with E-state index in [1.807, 2.05) is 29.8 Å². The molecule has 0 aliphatic rings. The Morgan fingerprint density at radius 1 is 1.47 bits per heavy atom. The Morgan fingerprint density at radius 3 is 2.89 bits per heavy atom. The first-order valence-corrected chi connectivity index (χ1v) is 6.78. The number of halogens is 1. The first kappa shape index (κ1) is 13.8. The molecular weight excluding hydrogens is 308 g/mol. The van der Waals surface area contributed by atoms with Gasteiger partial charge in [-0.3, -0.25) is 4.79 Å². The molecule has 19 heavy (non-hydrogen) atoms. The highest BCUT2D eigenvalue weighted by molar-refractivity contribution is 9.10. The lowest BCUT2D eigenvalue weighted by molar-refractivity contribution is 0.101. The molecule has 0 amide bonds. The Kier molecular flexibility index (Phi) is 4.37. The number of imidazole rings is 1. The van der Waals surface area contributed by atoms with Gasteiger partial charge in [-0.25, -0.2) is 4.98 Å². The highest BCUT2D eigenvalue weighted by Crippen LogP contribution is 2.23. The van der Waals surface area contributed by atoms with E-state index < -0.39 is 0 Å². The molecule has 0 aliphatic carbocycles. The molecule has 0 fully saturated rings. The van der Waals surface area contributed by atoms with Gasteiger partial charge in [-0.2, -0.15) is 0 Å². The van der Waals surface area contributed by atoms with Crippen LogP contribution >= 0.6 is 15.9 Å². The fourth-order valence-electron chi connectivity index (χ4n) is 1.80. The van der Waals surface area contributed by atoms with Gasteiger partial charge in [0.25, 0.3) is 0 Å². The summed E-state index contributed by atoms with van der Waals surface area (Å²) in [7, 11) is 0. The molecule has 0 aliphatic heterocycles. The second kappa shape index (κ2) is 6.02. The number of aryl methyl sites for hydroxylation is 1. The number of benzene rings is 1. The van der Waals surface area contributed by atoms with Crippen molar-refractivity contribution < 1.29 is 9.53 Å². The van der Waals surface area contributed by atoms with Gasteiger partial charge in [-0.15, -0.1) is 0 Å². The van der Waals surface area contributed by atoms with Crippen LogP contribution in [-0.4, -0.2) is 21.9 Å². The minimum atomic E-state index is -0.00453. The van der Waals surface area contributed by atoms with Gasteiger partial charge in [0.1, 0.15) is 18.2 Å². The molecule has 1 heterocycles. The predicted molar refractivity (Wildman–Crippen MR) is 76.6 cm³/mol. The Labute approximate surface area is 120 Å². The normalized spacial score (nSPS) is 10.5. The first-order valence-electron chi connectivity index (χ1n) is 5.99. The zero-order valence-corrected chi connectivity index (χ0v) is 12.5. The maximum atomic E-state index is 11.5. The number of aromatic nitrogens is 2. The topological polar surface area (TPSA) is 44.1 Å². The smallest absolute Gasteiger partial charge is 0.163 e. The third kappa shape index (κ3) is 3.44. The molecule has 1 aromatic carbocycles. The zero-order valence-electron chi connectivity index (χ0n) is 10.9. The molecular formula is C14H15BrN2O2. The van der Waals surface area contributed by atoms with E-state index in [0.29, 0.717) is 24.5 Å². The minimum absolute atomic E-state index is 0.00453. The zero-order chi connectivity index (χ0) is 13.8. The Hall–Kier alpha value is -1.62. The van der Waals surface area contributed by atoms with Crippen molar-refractivity contribution >= 4 is 21.7 Å². The number of ketones is 1. The summed E-state index contributed by atoms with van der Waals surface area (Å²) >= 11 is 3.35. The number of Topliss-reactive ketones (excluding diaryl/α,β-unsaturated/α-hetero) is 1. The molecule has 2 rings (SSSR count). The SMILES string of the molecule is CC(=O)c1cc(Br)ccc1OCCn1ccnc1C. The van der Waals surface area contributed by atoms with Crippen molar-refractivity contribution in [3.05, 3.63) is 46.5 Å². The number of rotatable bonds is 5. The van der Waals surface area contributed by atoms with Gasteiger partial charge in [0.15, 0.2) is 5.78 Å². The highest BCUT2D eigenvalue weighted by atomic mass is 79.9. The maximum Gasteiger partial charge on any atom is 0.163 e. The van der Waals surface area contributed by atoms with E-state index in [1.165, 1.54) is 6.92 Å². The van der Waals surface area contributed by atoms with E-state index >= 15 is 0 Å². The molecule has 0 radical (unpaired) electrons. The molecule has 0 unspecified atom stereocenters. The lowest BCUT2D eigenvalue weighted by atomic mass is 10.1. The quantitative estimate of drug-likeness (QED) is 0.794. The van der Waals surface area contributed by atoms with Crippen LogP contribution in [0.25, 0.3) is 0 Å². The fourth-order valence-corrected chi connectivity index (χ4v) is 2.16. The van der Waals surface area contributed by atoms with Crippen molar-refractivity contribution in [3.63, 3.8) is 0 Å². The molecule has 0 N–H and O–H groups in total. The summed E-state index contributed by atoms with van der Waals surface area (Å²) in [6.07, 6.45) is 3.67. The molecule has 0 spiro atoms. The average molecular weight is 323 g/mol. The van der Waals surface area contributed by atoms with Gasteiger partial charge >= 0.3 is 0 Å². The fraction of sp³-hybridized carbons (Fsp3) is 0.286. The summed E-state index contributed by atoms with van der Waals surface area (Å²) in [5.74, 6) is 1.56. The standard InChI is InChI=1S/C14H15BrN2O2/c1-10(18)13-9-12(15)3-4-14(13)19-8-7-17-6-5-16-11(17)2/h3-6,9H,7-8H2,1-2H3. The lowest BCUT2D eigenvalue weighted by Crippen LogP contribution is -2.10. The number of ether oxygens (including phenoxy) is 1. The van der Waals surface area contributed by atoms with Crippen molar-refractivity contribution in [2.75, 3.05) is 6.61 Å². The van der Waals surface area contributed by atoms with E-state index in [2.05, 4.69) is 20.9 Å². The highest BCUT2D eigenvalue weighted by Gasteiger charge is 2.09. The van der Waals surface area contributed by atoms with Gasteiger partial charge in [0.05, 0.1) is 12.1 Å². The number of hydrogen-bond acceptors (Lipinski definition) is 3. The van der Waals surface area contributed by atoms with Crippen LogP contribution in [0.15, 0.2) is 35.1 Å². The summed E-state index contributed by atoms with van der Waals surface area (Å²) in [5, 5.41) is 0. The number of carbonyl (C=O) groups excluding carboxylic acids is 1. The second-order valence-corrected chi connectivity index (χ2v) is 5.13. The molecule has 100 valence electrons. The van der Waals surface area contributed by atoms with E-state index in [0.717, 1.165) is 10.3 Å². The van der Waals surface area contributed by atoms with E-state index in [-0.39, 0.29) is 5.78 Å². The van der Waals surface area contributed by atoms with Gasteiger partial charge in [-0.1, -0.05) is 15.9 Å². The molecule has 1 aromatic heterocycles.